The van der Waals surface area contributed by atoms with Gasteiger partial charge in [0.05, 0.1) is 23.1 Å². The Hall–Kier alpha value is -2.92. The van der Waals surface area contributed by atoms with E-state index in [1.807, 2.05) is 0 Å². The predicted octanol–water partition coefficient (Wildman–Crippen LogP) is 3.87. The van der Waals surface area contributed by atoms with E-state index in [0.29, 0.717) is 22.0 Å². The standard InChI is InChI=1S/C22H16ClNO4/c23-15-5-9-17(10-6-15)28-22(27)12-3-7-16(8-4-12)24-20(25)18-13-1-2-14(11-13)19(18)21(24)26/h1-10,13-14,18-19H,11H2/t13-,14+,18-,19-/m0/s1. The van der Waals surface area contributed by atoms with Crippen LogP contribution in [-0.2, 0) is 9.59 Å². The van der Waals surface area contributed by atoms with E-state index < -0.39 is 5.97 Å². The Kier molecular flexibility index (Phi) is 3.88. The molecule has 28 heavy (non-hydrogen) atoms. The molecule has 2 bridgehead atoms. The second-order valence-corrected chi connectivity index (χ2v) is 7.84. The van der Waals surface area contributed by atoms with Gasteiger partial charge in [0, 0.05) is 5.02 Å². The number of allylic oxidation sites excluding steroid dienone is 2. The summed E-state index contributed by atoms with van der Waals surface area (Å²) in [4.78, 5) is 39.3. The summed E-state index contributed by atoms with van der Waals surface area (Å²) < 4.78 is 5.31. The van der Waals surface area contributed by atoms with Crippen molar-refractivity contribution in [3.8, 4) is 5.75 Å². The van der Waals surface area contributed by atoms with Gasteiger partial charge < -0.3 is 4.74 Å². The minimum atomic E-state index is -0.521. The van der Waals surface area contributed by atoms with Crippen LogP contribution >= 0.6 is 11.6 Å². The summed E-state index contributed by atoms with van der Waals surface area (Å²) in [6, 6.07) is 12.8. The molecule has 1 saturated heterocycles. The lowest BCUT2D eigenvalue weighted by Crippen LogP contribution is -2.32. The van der Waals surface area contributed by atoms with E-state index in [2.05, 4.69) is 12.2 Å². The molecule has 2 aliphatic carbocycles. The summed E-state index contributed by atoms with van der Waals surface area (Å²) >= 11 is 5.82. The zero-order valence-electron chi connectivity index (χ0n) is 14.7. The molecule has 1 heterocycles. The lowest BCUT2D eigenvalue weighted by Gasteiger charge is -2.17. The lowest BCUT2D eigenvalue weighted by atomic mass is 9.85. The summed E-state index contributed by atoms with van der Waals surface area (Å²) in [7, 11) is 0. The second-order valence-electron chi connectivity index (χ2n) is 7.40. The number of imide groups is 1. The van der Waals surface area contributed by atoms with Gasteiger partial charge >= 0.3 is 5.97 Å². The number of benzene rings is 2. The third-order valence-electron chi connectivity index (χ3n) is 5.86. The molecule has 0 radical (unpaired) electrons. The molecule has 1 aliphatic heterocycles. The molecule has 2 aromatic carbocycles. The maximum absolute atomic E-state index is 12.8. The van der Waals surface area contributed by atoms with E-state index >= 15 is 0 Å². The van der Waals surface area contributed by atoms with Gasteiger partial charge in [0.15, 0.2) is 0 Å². The van der Waals surface area contributed by atoms with Crippen molar-refractivity contribution >= 4 is 35.1 Å². The van der Waals surface area contributed by atoms with Crippen molar-refractivity contribution in [3.63, 3.8) is 0 Å². The number of halogens is 1. The molecule has 6 heteroatoms. The first-order valence-electron chi connectivity index (χ1n) is 9.17. The highest BCUT2D eigenvalue weighted by molar-refractivity contribution is 6.30. The van der Waals surface area contributed by atoms with Gasteiger partial charge in [-0.2, -0.15) is 0 Å². The molecule has 0 spiro atoms. The number of hydrogen-bond acceptors (Lipinski definition) is 4. The highest BCUT2D eigenvalue weighted by Crippen LogP contribution is 2.53. The first kappa shape index (κ1) is 17.2. The minimum Gasteiger partial charge on any atom is -0.423 e. The molecule has 0 aromatic heterocycles. The Bertz CT molecular complexity index is 982. The van der Waals surface area contributed by atoms with Crippen molar-refractivity contribution < 1.29 is 19.1 Å². The second kappa shape index (κ2) is 6.31. The number of anilines is 1. The van der Waals surface area contributed by atoms with Gasteiger partial charge in [-0.25, -0.2) is 4.79 Å². The molecule has 5 rings (SSSR count). The summed E-state index contributed by atoms with van der Waals surface area (Å²) in [5, 5.41) is 0.553. The molecular formula is C22H16ClNO4. The van der Waals surface area contributed by atoms with Crippen molar-refractivity contribution in [1.29, 1.82) is 0 Å². The van der Waals surface area contributed by atoms with Gasteiger partial charge in [-0.3, -0.25) is 14.5 Å². The number of rotatable bonds is 3. The van der Waals surface area contributed by atoms with Crippen LogP contribution in [0, 0.1) is 23.7 Å². The monoisotopic (exact) mass is 393 g/mol. The van der Waals surface area contributed by atoms with Crippen LogP contribution in [0.15, 0.2) is 60.7 Å². The van der Waals surface area contributed by atoms with Gasteiger partial charge in [-0.05, 0) is 66.8 Å². The maximum atomic E-state index is 12.8. The van der Waals surface area contributed by atoms with E-state index in [-0.39, 0.29) is 35.5 Å². The van der Waals surface area contributed by atoms with Crippen LogP contribution in [0.3, 0.4) is 0 Å². The molecule has 0 N–H and O–H groups in total. The first-order chi connectivity index (χ1) is 13.5. The summed E-state index contributed by atoms with van der Waals surface area (Å²) in [5.74, 6) is -0.540. The van der Waals surface area contributed by atoms with Gasteiger partial charge in [0.2, 0.25) is 11.8 Å². The fourth-order valence-electron chi connectivity index (χ4n) is 4.57. The highest BCUT2D eigenvalue weighted by Gasteiger charge is 2.59. The molecule has 2 amide bonds. The number of esters is 1. The number of fused-ring (bicyclic) bond motifs is 5. The fraction of sp³-hybridized carbons (Fsp3) is 0.227. The molecule has 4 atom stereocenters. The molecule has 2 aromatic rings. The number of ether oxygens (including phenoxy) is 1. The van der Waals surface area contributed by atoms with Crippen molar-refractivity contribution in [2.45, 2.75) is 6.42 Å². The summed E-state index contributed by atoms with van der Waals surface area (Å²) in [6.45, 7) is 0. The van der Waals surface area contributed by atoms with E-state index in [0.717, 1.165) is 6.42 Å². The smallest absolute Gasteiger partial charge is 0.343 e. The van der Waals surface area contributed by atoms with E-state index in [4.69, 9.17) is 16.3 Å². The Morgan fingerprint density at radius 3 is 2.04 bits per heavy atom. The largest absolute Gasteiger partial charge is 0.423 e. The van der Waals surface area contributed by atoms with E-state index in [1.54, 1.807) is 48.5 Å². The predicted molar refractivity (Wildman–Crippen MR) is 103 cm³/mol. The van der Waals surface area contributed by atoms with Crippen LogP contribution in [0.2, 0.25) is 5.02 Å². The average molecular weight is 394 g/mol. The first-order valence-corrected chi connectivity index (χ1v) is 9.54. The third kappa shape index (κ3) is 2.58. The average Bonchev–Trinajstić information content (AvgIpc) is 3.38. The zero-order valence-corrected chi connectivity index (χ0v) is 15.5. The van der Waals surface area contributed by atoms with Crippen LogP contribution in [0.1, 0.15) is 16.8 Å². The van der Waals surface area contributed by atoms with Crippen LogP contribution in [-0.4, -0.2) is 17.8 Å². The highest BCUT2D eigenvalue weighted by atomic mass is 35.5. The number of amides is 2. The summed E-state index contributed by atoms with van der Waals surface area (Å²) in [6.07, 6.45) is 5.03. The van der Waals surface area contributed by atoms with Crippen LogP contribution < -0.4 is 9.64 Å². The molecule has 1 saturated carbocycles. The van der Waals surface area contributed by atoms with Crippen molar-refractivity contribution in [2.75, 3.05) is 4.90 Å². The molecule has 3 aliphatic rings. The van der Waals surface area contributed by atoms with Crippen molar-refractivity contribution in [3.05, 3.63) is 71.3 Å². The molecular weight excluding hydrogens is 378 g/mol. The fourth-order valence-corrected chi connectivity index (χ4v) is 4.70. The SMILES string of the molecule is O=C(Oc1ccc(Cl)cc1)c1ccc(N2C(=O)[C@@H]3[C@@H](C2=O)[C@H]2C=C[C@@H]3C2)cc1. The quantitative estimate of drug-likeness (QED) is 0.343. The number of carbonyl (C=O) groups is 3. The minimum absolute atomic E-state index is 0.136. The van der Waals surface area contributed by atoms with Gasteiger partial charge in [-0.1, -0.05) is 23.8 Å². The zero-order chi connectivity index (χ0) is 19.4. The van der Waals surface area contributed by atoms with Gasteiger partial charge in [-0.15, -0.1) is 0 Å². The molecule has 140 valence electrons. The molecule has 0 unspecified atom stereocenters. The third-order valence-corrected chi connectivity index (χ3v) is 6.11. The molecule has 5 nitrogen and oxygen atoms in total. The summed E-state index contributed by atoms with van der Waals surface area (Å²) in [5.41, 5.74) is 0.826. The van der Waals surface area contributed by atoms with Gasteiger partial charge in [0.1, 0.15) is 5.75 Å². The van der Waals surface area contributed by atoms with Crippen LogP contribution in [0.4, 0.5) is 5.69 Å². The topological polar surface area (TPSA) is 63.7 Å². The van der Waals surface area contributed by atoms with E-state index in [9.17, 15) is 14.4 Å². The maximum Gasteiger partial charge on any atom is 0.343 e. The van der Waals surface area contributed by atoms with Gasteiger partial charge in [0.25, 0.3) is 0 Å². The number of nitrogens with zero attached hydrogens (tertiary/aromatic N) is 1. The molecule has 2 fully saturated rings. The van der Waals surface area contributed by atoms with Crippen LogP contribution in [0.25, 0.3) is 0 Å². The van der Waals surface area contributed by atoms with Crippen LogP contribution in [0.5, 0.6) is 5.75 Å². The lowest BCUT2D eigenvalue weighted by molar-refractivity contribution is -0.123. The Balaban J connectivity index is 1.34. The number of carbonyl (C=O) groups excluding carboxylic acids is 3. The van der Waals surface area contributed by atoms with Crippen molar-refractivity contribution in [2.24, 2.45) is 23.7 Å². The Morgan fingerprint density at radius 2 is 1.46 bits per heavy atom. The Labute approximate surface area is 166 Å². The Morgan fingerprint density at radius 1 is 0.893 bits per heavy atom. The number of hydrogen-bond donors (Lipinski definition) is 0. The normalized spacial score (nSPS) is 27.4. The van der Waals surface area contributed by atoms with Crippen molar-refractivity contribution in [1.82, 2.24) is 0 Å². The van der Waals surface area contributed by atoms with E-state index in [1.165, 1.54) is 4.90 Å².